The summed E-state index contributed by atoms with van der Waals surface area (Å²) in [5, 5.41) is 3.02. The molecule has 0 heterocycles. The summed E-state index contributed by atoms with van der Waals surface area (Å²) in [6, 6.07) is 14.3. The van der Waals surface area contributed by atoms with Gasteiger partial charge < -0.3 is 10.2 Å². The molecule has 1 unspecified atom stereocenters. The second kappa shape index (κ2) is 7.23. The van der Waals surface area contributed by atoms with Crippen LogP contribution >= 0.6 is 0 Å². The van der Waals surface area contributed by atoms with Gasteiger partial charge in [-0.2, -0.15) is 0 Å². The van der Waals surface area contributed by atoms with Crippen LogP contribution in [0.4, 0.5) is 5.69 Å². The van der Waals surface area contributed by atoms with E-state index in [1.165, 1.54) is 21.6 Å². The number of nitrogens with one attached hydrogen (secondary N) is 2. The van der Waals surface area contributed by atoms with Crippen LogP contribution < -0.4 is 10.2 Å². The van der Waals surface area contributed by atoms with E-state index in [9.17, 15) is 4.79 Å². The molecule has 0 saturated heterocycles. The molecular weight excluding hydrogens is 272 g/mol. The molecule has 1 atom stereocenters. The molecule has 22 heavy (non-hydrogen) atoms. The van der Waals surface area contributed by atoms with Crippen molar-refractivity contribution < 1.29 is 9.69 Å². The topological polar surface area (TPSA) is 33.5 Å². The fourth-order valence-corrected chi connectivity index (χ4v) is 2.55. The number of quaternary nitrogens is 1. The van der Waals surface area contributed by atoms with Gasteiger partial charge in [0.05, 0.1) is 7.05 Å². The highest BCUT2D eigenvalue weighted by Crippen LogP contribution is 2.17. The fraction of sp³-hybridized carbons (Fsp3) is 0.316. The van der Waals surface area contributed by atoms with Crippen LogP contribution in [0.2, 0.25) is 0 Å². The Labute approximate surface area is 133 Å². The molecule has 2 aromatic rings. The minimum absolute atomic E-state index is 0.0554. The molecular formula is C19H25N2O+. The Morgan fingerprint density at radius 3 is 2.41 bits per heavy atom. The Morgan fingerprint density at radius 1 is 1.00 bits per heavy atom. The Hall–Kier alpha value is -2.13. The summed E-state index contributed by atoms with van der Waals surface area (Å²) in [7, 11) is 2.05. The summed E-state index contributed by atoms with van der Waals surface area (Å²) >= 11 is 0. The number of amides is 1. The van der Waals surface area contributed by atoms with Crippen LogP contribution in [0, 0.1) is 20.8 Å². The lowest BCUT2D eigenvalue weighted by Crippen LogP contribution is -3.08. The lowest BCUT2D eigenvalue weighted by Gasteiger charge is -2.16. The number of benzene rings is 2. The Balaban J connectivity index is 1.94. The first-order valence-electron chi connectivity index (χ1n) is 7.69. The number of aryl methyl sites for hydroxylation is 2. The molecule has 0 aromatic heterocycles. The fourth-order valence-electron chi connectivity index (χ4n) is 2.55. The van der Waals surface area contributed by atoms with Gasteiger partial charge in [0, 0.05) is 11.3 Å². The number of rotatable bonds is 5. The summed E-state index contributed by atoms with van der Waals surface area (Å²) in [5.41, 5.74) is 5.80. The van der Waals surface area contributed by atoms with Crippen LogP contribution in [0.3, 0.4) is 0 Å². The highest BCUT2D eigenvalue weighted by Gasteiger charge is 2.13. The Bertz CT molecular complexity index is 664. The maximum atomic E-state index is 12.2. The zero-order chi connectivity index (χ0) is 16.1. The van der Waals surface area contributed by atoms with E-state index in [1.807, 2.05) is 31.2 Å². The summed E-state index contributed by atoms with van der Waals surface area (Å²) in [6.45, 7) is 7.52. The average molecular weight is 297 g/mol. The largest absolute Gasteiger partial charge is 0.326 e. The van der Waals surface area contributed by atoms with Crippen molar-refractivity contribution in [3.63, 3.8) is 0 Å². The zero-order valence-electron chi connectivity index (χ0n) is 13.9. The Morgan fingerprint density at radius 2 is 1.68 bits per heavy atom. The van der Waals surface area contributed by atoms with E-state index < -0.39 is 0 Å². The summed E-state index contributed by atoms with van der Waals surface area (Å²) < 4.78 is 0. The number of carbonyl (C=O) groups excluding carboxylic acids is 1. The smallest absolute Gasteiger partial charge is 0.279 e. The normalized spacial score (nSPS) is 12.0. The van der Waals surface area contributed by atoms with Gasteiger partial charge in [-0.3, -0.25) is 4.79 Å². The molecule has 3 nitrogen and oxygen atoms in total. The lowest BCUT2D eigenvalue weighted by molar-refractivity contribution is -0.885. The summed E-state index contributed by atoms with van der Waals surface area (Å²) in [6.07, 6.45) is 0. The third-order valence-electron chi connectivity index (χ3n) is 4.09. The molecule has 116 valence electrons. The van der Waals surface area contributed by atoms with Gasteiger partial charge in [-0.25, -0.2) is 0 Å². The highest BCUT2D eigenvalue weighted by molar-refractivity contribution is 5.92. The van der Waals surface area contributed by atoms with E-state index in [4.69, 9.17) is 0 Å². The minimum Gasteiger partial charge on any atom is -0.326 e. The third kappa shape index (κ3) is 4.18. The number of hydrogen-bond donors (Lipinski definition) is 2. The molecule has 0 aliphatic carbocycles. The number of anilines is 1. The second-order valence-corrected chi connectivity index (χ2v) is 6.03. The van der Waals surface area contributed by atoms with Gasteiger partial charge in [0.2, 0.25) is 0 Å². The molecule has 2 aromatic carbocycles. The molecule has 3 heteroatoms. The molecule has 0 aliphatic heterocycles. The van der Waals surface area contributed by atoms with Crippen molar-refractivity contribution >= 4 is 11.6 Å². The SMILES string of the molecule is Cc1ccccc1C[NH+](C)CC(=O)Nc1cccc(C)c1C. The van der Waals surface area contributed by atoms with Gasteiger partial charge in [0.25, 0.3) is 5.91 Å². The highest BCUT2D eigenvalue weighted by atomic mass is 16.2. The molecule has 2 rings (SSSR count). The molecule has 2 N–H and O–H groups in total. The van der Waals surface area contributed by atoms with E-state index in [1.54, 1.807) is 0 Å². The molecule has 0 bridgehead atoms. The third-order valence-corrected chi connectivity index (χ3v) is 4.09. The second-order valence-electron chi connectivity index (χ2n) is 6.03. The van der Waals surface area contributed by atoms with Crippen molar-refractivity contribution in [2.24, 2.45) is 0 Å². The van der Waals surface area contributed by atoms with E-state index in [0.29, 0.717) is 6.54 Å². The predicted molar refractivity (Wildman–Crippen MR) is 91.2 cm³/mol. The van der Waals surface area contributed by atoms with Crippen LogP contribution in [0.15, 0.2) is 42.5 Å². The molecule has 1 amide bonds. The van der Waals surface area contributed by atoms with Gasteiger partial charge in [-0.1, -0.05) is 36.4 Å². The van der Waals surface area contributed by atoms with Crippen molar-refractivity contribution in [2.45, 2.75) is 27.3 Å². The van der Waals surface area contributed by atoms with Crippen molar-refractivity contribution in [1.29, 1.82) is 0 Å². The quantitative estimate of drug-likeness (QED) is 0.872. The first kappa shape index (κ1) is 16.2. The van der Waals surface area contributed by atoms with E-state index >= 15 is 0 Å². The summed E-state index contributed by atoms with van der Waals surface area (Å²) in [4.78, 5) is 13.4. The van der Waals surface area contributed by atoms with Crippen molar-refractivity contribution in [3.8, 4) is 0 Å². The van der Waals surface area contributed by atoms with Gasteiger partial charge in [-0.05, 0) is 43.5 Å². The summed E-state index contributed by atoms with van der Waals surface area (Å²) in [5.74, 6) is 0.0554. The molecule has 0 spiro atoms. The molecule has 0 aliphatic rings. The minimum atomic E-state index is 0.0554. The van der Waals surface area contributed by atoms with E-state index in [-0.39, 0.29) is 5.91 Å². The van der Waals surface area contributed by atoms with Crippen LogP contribution in [-0.2, 0) is 11.3 Å². The maximum Gasteiger partial charge on any atom is 0.279 e. The Kier molecular flexibility index (Phi) is 5.34. The van der Waals surface area contributed by atoms with Crippen LogP contribution in [0.5, 0.6) is 0 Å². The van der Waals surface area contributed by atoms with Gasteiger partial charge in [0.15, 0.2) is 6.54 Å². The van der Waals surface area contributed by atoms with Gasteiger partial charge in [0.1, 0.15) is 6.54 Å². The van der Waals surface area contributed by atoms with Gasteiger partial charge >= 0.3 is 0 Å². The van der Waals surface area contributed by atoms with E-state index in [0.717, 1.165) is 17.8 Å². The number of likely N-dealkylation sites (N-methyl/N-ethyl adjacent to an activating group) is 1. The first-order valence-corrected chi connectivity index (χ1v) is 7.69. The molecule has 0 saturated carbocycles. The van der Waals surface area contributed by atoms with Crippen molar-refractivity contribution in [3.05, 3.63) is 64.7 Å². The van der Waals surface area contributed by atoms with Crippen molar-refractivity contribution in [2.75, 3.05) is 18.9 Å². The van der Waals surface area contributed by atoms with E-state index in [2.05, 4.69) is 44.4 Å². The first-order chi connectivity index (χ1) is 10.5. The van der Waals surface area contributed by atoms with Crippen LogP contribution in [0.1, 0.15) is 22.3 Å². The standard InChI is InChI=1S/C19H24N2O/c1-14-9-7-11-18(16(14)3)20-19(22)13-21(4)12-17-10-6-5-8-15(17)2/h5-11H,12-13H2,1-4H3,(H,20,22)/p+1. The lowest BCUT2D eigenvalue weighted by atomic mass is 10.1. The monoisotopic (exact) mass is 297 g/mol. The van der Waals surface area contributed by atoms with Crippen LogP contribution in [-0.4, -0.2) is 19.5 Å². The maximum absolute atomic E-state index is 12.2. The van der Waals surface area contributed by atoms with Crippen LogP contribution in [0.25, 0.3) is 0 Å². The van der Waals surface area contributed by atoms with Gasteiger partial charge in [-0.15, -0.1) is 0 Å². The molecule has 0 fully saturated rings. The molecule has 0 radical (unpaired) electrons. The predicted octanol–water partition coefficient (Wildman–Crippen LogP) is 2.27. The zero-order valence-corrected chi connectivity index (χ0v) is 13.9. The van der Waals surface area contributed by atoms with Crippen molar-refractivity contribution in [1.82, 2.24) is 0 Å². The number of carbonyl (C=O) groups is 1. The number of hydrogen-bond acceptors (Lipinski definition) is 1. The average Bonchev–Trinajstić information content (AvgIpc) is 2.46.